The van der Waals surface area contributed by atoms with Crippen molar-refractivity contribution in [3.8, 4) is 0 Å². The number of nitrogens with zero attached hydrogens (tertiary/aromatic N) is 1. The molecule has 0 aromatic carbocycles. The number of hydrogen-bond donors (Lipinski definition) is 2. The Kier molecular flexibility index (Phi) is 4.62. The van der Waals surface area contributed by atoms with Gasteiger partial charge in [-0.2, -0.15) is 0 Å². The predicted molar refractivity (Wildman–Crippen MR) is 72.8 cm³/mol. The maximum absolute atomic E-state index is 11.2. The van der Waals surface area contributed by atoms with Crippen LogP contribution in [0.5, 0.6) is 0 Å². The zero-order chi connectivity index (χ0) is 13.1. The van der Waals surface area contributed by atoms with Crippen LogP contribution < -0.4 is 11.5 Å². The Balaban J connectivity index is 1.92. The van der Waals surface area contributed by atoms with Crippen molar-refractivity contribution in [3.63, 3.8) is 0 Å². The van der Waals surface area contributed by atoms with Gasteiger partial charge in [0.15, 0.2) is 0 Å². The van der Waals surface area contributed by atoms with Crippen LogP contribution in [0.15, 0.2) is 0 Å². The second-order valence-electron chi connectivity index (χ2n) is 6.19. The third-order valence-corrected chi connectivity index (χ3v) is 4.92. The van der Waals surface area contributed by atoms with E-state index in [0.717, 1.165) is 38.4 Å². The van der Waals surface area contributed by atoms with Gasteiger partial charge in [-0.15, -0.1) is 0 Å². The van der Waals surface area contributed by atoms with Crippen LogP contribution in [0.1, 0.15) is 39.0 Å². The number of rotatable bonds is 3. The molecule has 4 nitrogen and oxygen atoms in total. The Morgan fingerprint density at radius 1 is 1.22 bits per heavy atom. The fourth-order valence-electron chi connectivity index (χ4n) is 3.65. The first kappa shape index (κ1) is 13.8. The van der Waals surface area contributed by atoms with Crippen LogP contribution in [0.25, 0.3) is 0 Å². The average Bonchev–Trinajstić information content (AvgIpc) is 2.39. The predicted octanol–water partition coefficient (Wildman–Crippen LogP) is 0.947. The lowest BCUT2D eigenvalue weighted by Gasteiger charge is -2.44. The van der Waals surface area contributed by atoms with Crippen molar-refractivity contribution in [2.75, 3.05) is 19.6 Å². The van der Waals surface area contributed by atoms with Gasteiger partial charge in [0.05, 0.1) is 0 Å². The molecule has 2 fully saturated rings. The smallest absolute Gasteiger partial charge is 0.220 e. The lowest BCUT2D eigenvalue weighted by molar-refractivity contribution is -0.123. The lowest BCUT2D eigenvalue weighted by atomic mass is 9.77. The van der Waals surface area contributed by atoms with E-state index in [1.54, 1.807) is 0 Å². The SMILES string of the molecule is CC1CCC(CN)C(N2CCC(C(N)=O)CC2)C1. The molecule has 0 spiro atoms. The van der Waals surface area contributed by atoms with Crippen molar-refractivity contribution in [3.05, 3.63) is 0 Å². The van der Waals surface area contributed by atoms with Crippen LogP contribution in [-0.4, -0.2) is 36.5 Å². The number of nitrogens with two attached hydrogens (primary N) is 2. The highest BCUT2D eigenvalue weighted by Crippen LogP contribution is 2.33. The fraction of sp³-hybridized carbons (Fsp3) is 0.929. The van der Waals surface area contributed by atoms with Gasteiger partial charge in [-0.3, -0.25) is 4.79 Å². The van der Waals surface area contributed by atoms with Gasteiger partial charge < -0.3 is 16.4 Å². The molecule has 1 aliphatic heterocycles. The first-order chi connectivity index (χ1) is 8.61. The second-order valence-corrected chi connectivity index (χ2v) is 6.19. The molecule has 3 atom stereocenters. The number of hydrogen-bond acceptors (Lipinski definition) is 3. The van der Waals surface area contributed by atoms with Crippen molar-refractivity contribution in [2.24, 2.45) is 29.2 Å². The lowest BCUT2D eigenvalue weighted by Crippen LogP contribution is -2.50. The van der Waals surface area contributed by atoms with Crippen molar-refractivity contribution in [2.45, 2.75) is 45.1 Å². The quantitative estimate of drug-likeness (QED) is 0.786. The maximum Gasteiger partial charge on any atom is 0.220 e. The molecule has 1 aliphatic carbocycles. The zero-order valence-electron chi connectivity index (χ0n) is 11.5. The largest absolute Gasteiger partial charge is 0.369 e. The molecule has 4 heteroatoms. The Morgan fingerprint density at radius 2 is 1.89 bits per heavy atom. The topological polar surface area (TPSA) is 72.3 Å². The summed E-state index contributed by atoms with van der Waals surface area (Å²) in [5.41, 5.74) is 11.3. The molecule has 0 radical (unpaired) electrons. The zero-order valence-corrected chi connectivity index (χ0v) is 11.5. The Labute approximate surface area is 110 Å². The molecule has 2 aliphatic rings. The standard InChI is InChI=1S/C14H27N3O/c1-10-2-3-12(9-15)13(8-10)17-6-4-11(5-7-17)14(16)18/h10-13H,2-9,15H2,1H3,(H2,16,18). The first-order valence-electron chi connectivity index (χ1n) is 7.35. The monoisotopic (exact) mass is 253 g/mol. The first-order valence-corrected chi connectivity index (χ1v) is 7.35. The summed E-state index contributed by atoms with van der Waals surface area (Å²) in [6.45, 7) is 5.17. The minimum absolute atomic E-state index is 0.0959. The van der Waals surface area contributed by atoms with Crippen LogP contribution in [0, 0.1) is 17.8 Å². The van der Waals surface area contributed by atoms with Gasteiger partial charge in [-0.05, 0) is 57.2 Å². The highest BCUT2D eigenvalue weighted by Gasteiger charge is 2.34. The summed E-state index contributed by atoms with van der Waals surface area (Å²) in [4.78, 5) is 13.8. The molecule has 0 bridgehead atoms. The minimum Gasteiger partial charge on any atom is -0.369 e. The van der Waals surface area contributed by atoms with E-state index >= 15 is 0 Å². The maximum atomic E-state index is 11.2. The number of primary amides is 1. The number of carbonyl (C=O) groups is 1. The van der Waals surface area contributed by atoms with Crippen molar-refractivity contribution < 1.29 is 4.79 Å². The molecule has 1 saturated heterocycles. The van der Waals surface area contributed by atoms with Gasteiger partial charge in [0, 0.05) is 12.0 Å². The molecule has 1 saturated carbocycles. The van der Waals surface area contributed by atoms with Crippen LogP contribution >= 0.6 is 0 Å². The van der Waals surface area contributed by atoms with Crippen LogP contribution in [0.2, 0.25) is 0 Å². The Bertz CT molecular complexity index is 287. The van der Waals surface area contributed by atoms with E-state index in [1.807, 2.05) is 0 Å². The third-order valence-electron chi connectivity index (χ3n) is 4.92. The number of carbonyl (C=O) groups excluding carboxylic acids is 1. The summed E-state index contributed by atoms with van der Waals surface area (Å²) in [7, 11) is 0. The highest BCUT2D eigenvalue weighted by molar-refractivity contribution is 5.76. The van der Waals surface area contributed by atoms with Gasteiger partial charge in [-0.25, -0.2) is 0 Å². The van der Waals surface area contributed by atoms with E-state index in [0.29, 0.717) is 12.0 Å². The van der Waals surface area contributed by atoms with Crippen LogP contribution in [0.3, 0.4) is 0 Å². The Hall–Kier alpha value is -0.610. The summed E-state index contributed by atoms with van der Waals surface area (Å²) in [5, 5.41) is 0. The van der Waals surface area contributed by atoms with Crippen molar-refractivity contribution >= 4 is 5.91 Å². The summed E-state index contributed by atoms with van der Waals surface area (Å²) in [6, 6.07) is 0.632. The van der Waals surface area contributed by atoms with E-state index in [2.05, 4.69) is 11.8 Å². The van der Waals surface area contributed by atoms with E-state index in [9.17, 15) is 4.79 Å². The van der Waals surface area contributed by atoms with Crippen LogP contribution in [-0.2, 0) is 4.79 Å². The van der Waals surface area contributed by atoms with Gasteiger partial charge >= 0.3 is 0 Å². The van der Waals surface area contributed by atoms with Crippen LogP contribution in [0.4, 0.5) is 0 Å². The molecule has 104 valence electrons. The number of likely N-dealkylation sites (tertiary alicyclic amines) is 1. The molecule has 1 amide bonds. The number of amides is 1. The van der Waals surface area contributed by atoms with Crippen molar-refractivity contribution in [1.82, 2.24) is 4.90 Å². The molecule has 1 heterocycles. The molecular formula is C14H27N3O. The summed E-state index contributed by atoms with van der Waals surface area (Å²) in [6.07, 6.45) is 5.70. The Morgan fingerprint density at radius 3 is 2.44 bits per heavy atom. The summed E-state index contributed by atoms with van der Waals surface area (Å²) < 4.78 is 0. The fourth-order valence-corrected chi connectivity index (χ4v) is 3.65. The van der Waals surface area contributed by atoms with E-state index < -0.39 is 0 Å². The van der Waals surface area contributed by atoms with E-state index in [-0.39, 0.29) is 11.8 Å². The highest BCUT2D eigenvalue weighted by atomic mass is 16.1. The molecular weight excluding hydrogens is 226 g/mol. The molecule has 0 aromatic rings. The van der Waals surface area contributed by atoms with E-state index in [1.165, 1.54) is 19.3 Å². The normalized spacial score (nSPS) is 35.6. The second kappa shape index (κ2) is 6.02. The molecule has 2 rings (SSSR count). The van der Waals surface area contributed by atoms with E-state index in [4.69, 9.17) is 11.5 Å². The van der Waals surface area contributed by atoms with Gasteiger partial charge in [0.25, 0.3) is 0 Å². The third kappa shape index (κ3) is 3.04. The van der Waals surface area contributed by atoms with Crippen molar-refractivity contribution in [1.29, 1.82) is 0 Å². The van der Waals surface area contributed by atoms with Gasteiger partial charge in [0.1, 0.15) is 0 Å². The van der Waals surface area contributed by atoms with Gasteiger partial charge in [0.2, 0.25) is 5.91 Å². The molecule has 3 unspecified atom stereocenters. The number of piperidine rings is 1. The van der Waals surface area contributed by atoms with Gasteiger partial charge in [-0.1, -0.05) is 13.3 Å². The average molecular weight is 253 g/mol. The molecule has 0 aromatic heterocycles. The minimum atomic E-state index is -0.123. The molecule has 18 heavy (non-hydrogen) atoms. The summed E-state index contributed by atoms with van der Waals surface area (Å²) >= 11 is 0. The summed E-state index contributed by atoms with van der Waals surface area (Å²) in [5.74, 6) is 1.43. The molecule has 4 N–H and O–H groups in total.